The zero-order valence-electron chi connectivity index (χ0n) is 19.9. The normalized spacial score (nSPS) is 18.1. The van der Waals surface area contributed by atoms with E-state index in [0.29, 0.717) is 16.5 Å². The summed E-state index contributed by atoms with van der Waals surface area (Å²) in [7, 11) is 0. The SMILES string of the molecule is CCCCCCCCCCCCCCCC(=O)ON1C(=S)N[C@](C)(c2ccccc2)C1=S. The maximum Gasteiger partial charge on any atom is 0.333 e. The molecule has 0 spiro atoms. The van der Waals surface area contributed by atoms with Crippen LogP contribution in [0.2, 0.25) is 0 Å². The number of hydrogen-bond acceptors (Lipinski definition) is 4. The van der Waals surface area contributed by atoms with Gasteiger partial charge in [-0.15, -0.1) is 5.06 Å². The highest BCUT2D eigenvalue weighted by Gasteiger charge is 2.45. The molecule has 1 heterocycles. The van der Waals surface area contributed by atoms with Crippen LogP contribution in [-0.2, 0) is 15.2 Å². The van der Waals surface area contributed by atoms with Crippen LogP contribution in [0.5, 0.6) is 0 Å². The molecule has 32 heavy (non-hydrogen) atoms. The molecule has 0 unspecified atom stereocenters. The van der Waals surface area contributed by atoms with Gasteiger partial charge < -0.3 is 10.2 Å². The number of hydroxylamine groups is 2. The van der Waals surface area contributed by atoms with Crippen LogP contribution in [-0.4, -0.2) is 21.1 Å². The molecule has 6 heteroatoms. The number of rotatable bonds is 16. The molecule has 0 radical (unpaired) electrons. The van der Waals surface area contributed by atoms with Gasteiger partial charge >= 0.3 is 5.97 Å². The van der Waals surface area contributed by atoms with Crippen molar-refractivity contribution in [3.63, 3.8) is 0 Å². The summed E-state index contributed by atoms with van der Waals surface area (Å²) in [5.41, 5.74) is 0.339. The van der Waals surface area contributed by atoms with Gasteiger partial charge in [0.1, 0.15) is 5.54 Å². The van der Waals surface area contributed by atoms with E-state index in [4.69, 9.17) is 29.3 Å². The molecule has 1 aliphatic rings. The summed E-state index contributed by atoms with van der Waals surface area (Å²) in [5.74, 6) is -0.281. The lowest BCUT2D eigenvalue weighted by Gasteiger charge is -2.24. The van der Waals surface area contributed by atoms with E-state index in [1.165, 1.54) is 75.7 Å². The Morgan fingerprint density at radius 1 is 0.875 bits per heavy atom. The van der Waals surface area contributed by atoms with Crippen molar-refractivity contribution in [2.24, 2.45) is 0 Å². The molecule has 0 amide bonds. The van der Waals surface area contributed by atoms with E-state index in [-0.39, 0.29) is 5.97 Å². The average Bonchev–Trinajstić information content (AvgIpc) is 3.01. The second kappa shape index (κ2) is 14.6. The number of carbonyl (C=O) groups excluding carboxylic acids is 1. The van der Waals surface area contributed by atoms with Crippen LogP contribution < -0.4 is 5.32 Å². The predicted molar refractivity (Wildman–Crippen MR) is 140 cm³/mol. The molecule has 178 valence electrons. The molecular formula is C26H40N2O2S2. The standard InChI is InChI=1S/C26H40N2O2S2/c1-3-4-5-6-7-8-9-10-11-12-13-14-18-21-23(29)30-28-24(31)26(2,27-25(28)32)22-19-16-15-17-20-22/h15-17,19-20H,3-14,18,21H2,1-2H3,(H,27,32)/t26-/m1/s1. The molecule has 1 aliphatic heterocycles. The van der Waals surface area contributed by atoms with Crippen LogP contribution in [0.4, 0.5) is 0 Å². The first-order chi connectivity index (χ1) is 15.5. The van der Waals surface area contributed by atoms with Crippen molar-refractivity contribution in [2.75, 3.05) is 0 Å². The second-order valence-electron chi connectivity index (χ2n) is 8.98. The molecule has 1 aromatic rings. The van der Waals surface area contributed by atoms with Crippen molar-refractivity contribution < 1.29 is 9.63 Å². The first-order valence-electron chi connectivity index (χ1n) is 12.4. The van der Waals surface area contributed by atoms with Gasteiger partial charge in [-0.1, -0.05) is 127 Å². The Balaban J connectivity index is 1.55. The maximum atomic E-state index is 12.3. The fourth-order valence-corrected chi connectivity index (χ4v) is 4.79. The van der Waals surface area contributed by atoms with E-state index in [2.05, 4.69) is 12.2 Å². The zero-order valence-corrected chi connectivity index (χ0v) is 21.5. The van der Waals surface area contributed by atoms with Gasteiger partial charge in [0, 0.05) is 6.42 Å². The summed E-state index contributed by atoms with van der Waals surface area (Å²) in [6.07, 6.45) is 17.0. The van der Waals surface area contributed by atoms with Crippen LogP contribution in [0, 0.1) is 0 Å². The van der Waals surface area contributed by atoms with E-state index in [9.17, 15) is 4.79 Å². The molecule has 1 N–H and O–H groups in total. The largest absolute Gasteiger partial charge is 0.344 e. The first-order valence-corrected chi connectivity index (χ1v) is 13.2. The average molecular weight is 477 g/mol. The Morgan fingerprint density at radius 2 is 1.38 bits per heavy atom. The molecule has 0 aromatic heterocycles. The second-order valence-corrected chi connectivity index (χ2v) is 9.75. The predicted octanol–water partition coefficient (Wildman–Crippen LogP) is 7.36. The Kier molecular flexibility index (Phi) is 12.2. The molecule has 1 atom stereocenters. The fraction of sp³-hybridized carbons (Fsp3) is 0.654. The van der Waals surface area contributed by atoms with Gasteiger partial charge in [0.15, 0.2) is 4.99 Å². The van der Waals surface area contributed by atoms with Gasteiger partial charge in [0.25, 0.3) is 0 Å². The van der Waals surface area contributed by atoms with E-state index in [1.807, 2.05) is 37.3 Å². The molecule has 2 rings (SSSR count). The molecule has 0 aliphatic carbocycles. The van der Waals surface area contributed by atoms with Gasteiger partial charge in [0.2, 0.25) is 5.11 Å². The van der Waals surface area contributed by atoms with Crippen LogP contribution in [0.3, 0.4) is 0 Å². The first kappa shape index (κ1) is 26.7. The van der Waals surface area contributed by atoms with Gasteiger partial charge in [-0.2, -0.15) is 0 Å². The summed E-state index contributed by atoms with van der Waals surface area (Å²) < 4.78 is 0. The lowest BCUT2D eigenvalue weighted by molar-refractivity contribution is -0.161. The van der Waals surface area contributed by atoms with Gasteiger partial charge in [0.05, 0.1) is 0 Å². The summed E-state index contributed by atoms with van der Waals surface area (Å²) in [6.45, 7) is 4.22. The molecule has 0 bridgehead atoms. The molecule has 4 nitrogen and oxygen atoms in total. The van der Waals surface area contributed by atoms with Crippen molar-refractivity contribution in [3.05, 3.63) is 35.9 Å². The highest BCUT2D eigenvalue weighted by atomic mass is 32.1. The van der Waals surface area contributed by atoms with Gasteiger partial charge in [-0.05, 0) is 31.1 Å². The minimum atomic E-state index is -0.649. The topological polar surface area (TPSA) is 41.6 Å². The van der Waals surface area contributed by atoms with Crippen molar-refractivity contribution in [1.29, 1.82) is 0 Å². The molecule has 1 fully saturated rings. The number of unbranched alkanes of at least 4 members (excludes halogenated alkanes) is 12. The highest BCUT2D eigenvalue weighted by Crippen LogP contribution is 2.30. The lowest BCUT2D eigenvalue weighted by atomic mass is 9.93. The van der Waals surface area contributed by atoms with Crippen LogP contribution >= 0.6 is 24.4 Å². The van der Waals surface area contributed by atoms with E-state index in [1.54, 1.807) is 0 Å². The third-order valence-electron chi connectivity index (χ3n) is 6.18. The van der Waals surface area contributed by atoms with Crippen LogP contribution in [0.1, 0.15) is 109 Å². The molecule has 0 saturated carbocycles. The number of benzene rings is 1. The summed E-state index contributed by atoms with van der Waals surface area (Å²) in [4.78, 5) is 18.3. The third kappa shape index (κ3) is 8.43. The zero-order chi connectivity index (χ0) is 23.2. The van der Waals surface area contributed by atoms with Crippen LogP contribution in [0.15, 0.2) is 30.3 Å². The Morgan fingerprint density at radius 3 is 1.91 bits per heavy atom. The molecule has 1 aromatic carbocycles. The number of nitrogens with one attached hydrogen (secondary N) is 1. The van der Waals surface area contributed by atoms with E-state index < -0.39 is 5.54 Å². The highest BCUT2D eigenvalue weighted by molar-refractivity contribution is 7.82. The summed E-state index contributed by atoms with van der Waals surface area (Å²) in [6, 6.07) is 9.84. The quantitative estimate of drug-likeness (QED) is 0.199. The van der Waals surface area contributed by atoms with Crippen molar-refractivity contribution >= 4 is 40.5 Å². The molecular weight excluding hydrogens is 436 g/mol. The van der Waals surface area contributed by atoms with Gasteiger partial charge in [-0.3, -0.25) is 0 Å². The Bertz CT molecular complexity index is 726. The van der Waals surface area contributed by atoms with Crippen molar-refractivity contribution in [2.45, 2.75) is 109 Å². The molecule has 1 saturated heterocycles. The summed E-state index contributed by atoms with van der Waals surface area (Å²) in [5, 5.41) is 4.85. The number of thiocarbonyl (C=S) groups is 2. The minimum Gasteiger partial charge on any atom is -0.344 e. The maximum absolute atomic E-state index is 12.3. The van der Waals surface area contributed by atoms with Gasteiger partial charge in [-0.25, -0.2) is 4.79 Å². The fourth-order valence-electron chi connectivity index (χ4n) is 4.10. The third-order valence-corrected chi connectivity index (χ3v) is 7.02. The smallest absolute Gasteiger partial charge is 0.333 e. The Labute approximate surface area is 205 Å². The number of hydrogen-bond donors (Lipinski definition) is 1. The number of nitrogens with zero attached hydrogens (tertiary/aromatic N) is 1. The summed E-state index contributed by atoms with van der Waals surface area (Å²) >= 11 is 11.0. The van der Waals surface area contributed by atoms with Crippen molar-refractivity contribution in [3.8, 4) is 0 Å². The van der Waals surface area contributed by atoms with Crippen LogP contribution in [0.25, 0.3) is 0 Å². The van der Waals surface area contributed by atoms with E-state index in [0.717, 1.165) is 18.4 Å². The van der Waals surface area contributed by atoms with E-state index >= 15 is 0 Å². The Hall–Kier alpha value is -1.53. The monoisotopic (exact) mass is 476 g/mol. The lowest BCUT2D eigenvalue weighted by Crippen LogP contribution is -2.40. The van der Waals surface area contributed by atoms with Crippen molar-refractivity contribution in [1.82, 2.24) is 10.4 Å². The minimum absolute atomic E-state index is 0.281. The number of carbonyl (C=O) groups is 1.